The summed E-state index contributed by atoms with van der Waals surface area (Å²) >= 11 is 0. The SMILES string of the molecule is CNc1nc2ccccc2n2c(-c3ccccc3)cnc12. The van der Waals surface area contributed by atoms with Crippen LogP contribution in [0, 0.1) is 0 Å². The van der Waals surface area contributed by atoms with Crippen molar-refractivity contribution in [2.45, 2.75) is 0 Å². The number of anilines is 1. The van der Waals surface area contributed by atoms with Crippen LogP contribution in [-0.2, 0) is 0 Å². The Hall–Kier alpha value is -2.88. The first-order valence-corrected chi connectivity index (χ1v) is 6.88. The molecule has 0 radical (unpaired) electrons. The minimum Gasteiger partial charge on any atom is -0.370 e. The van der Waals surface area contributed by atoms with Crippen molar-refractivity contribution in [1.29, 1.82) is 0 Å². The number of rotatable bonds is 2. The maximum absolute atomic E-state index is 4.63. The third-order valence-electron chi connectivity index (χ3n) is 3.63. The van der Waals surface area contributed by atoms with Crippen molar-refractivity contribution < 1.29 is 0 Å². The molecule has 4 nitrogen and oxygen atoms in total. The topological polar surface area (TPSA) is 42.2 Å². The van der Waals surface area contributed by atoms with Crippen molar-refractivity contribution in [2.75, 3.05) is 12.4 Å². The largest absolute Gasteiger partial charge is 0.370 e. The smallest absolute Gasteiger partial charge is 0.181 e. The van der Waals surface area contributed by atoms with Gasteiger partial charge in [-0.1, -0.05) is 42.5 Å². The lowest BCUT2D eigenvalue weighted by Crippen LogP contribution is -2.00. The molecule has 102 valence electrons. The van der Waals surface area contributed by atoms with Gasteiger partial charge in [0.25, 0.3) is 0 Å². The van der Waals surface area contributed by atoms with Crippen molar-refractivity contribution >= 4 is 22.5 Å². The average Bonchev–Trinajstić information content (AvgIpc) is 3.00. The van der Waals surface area contributed by atoms with Crippen LogP contribution in [0.3, 0.4) is 0 Å². The van der Waals surface area contributed by atoms with E-state index in [1.807, 2.05) is 49.6 Å². The maximum atomic E-state index is 4.63. The van der Waals surface area contributed by atoms with Crippen LogP contribution in [-0.4, -0.2) is 21.4 Å². The van der Waals surface area contributed by atoms with Crippen molar-refractivity contribution in [3.8, 4) is 11.3 Å². The number of fused-ring (bicyclic) bond motifs is 3. The van der Waals surface area contributed by atoms with E-state index in [-0.39, 0.29) is 0 Å². The second kappa shape index (κ2) is 4.59. The van der Waals surface area contributed by atoms with Crippen LogP contribution in [0.4, 0.5) is 5.82 Å². The molecular weight excluding hydrogens is 260 g/mol. The highest BCUT2D eigenvalue weighted by Gasteiger charge is 2.13. The lowest BCUT2D eigenvalue weighted by molar-refractivity contribution is 1.20. The fraction of sp³-hybridized carbons (Fsp3) is 0.0588. The van der Waals surface area contributed by atoms with Gasteiger partial charge in [-0.3, -0.25) is 4.40 Å². The molecule has 2 aromatic heterocycles. The summed E-state index contributed by atoms with van der Waals surface area (Å²) in [5.41, 5.74) is 5.06. The van der Waals surface area contributed by atoms with Gasteiger partial charge in [-0.05, 0) is 12.1 Å². The molecule has 21 heavy (non-hydrogen) atoms. The molecule has 4 rings (SSSR count). The minimum absolute atomic E-state index is 0.788. The number of nitrogens with zero attached hydrogens (tertiary/aromatic N) is 3. The second-order valence-electron chi connectivity index (χ2n) is 4.87. The molecule has 0 saturated heterocycles. The van der Waals surface area contributed by atoms with Gasteiger partial charge in [0.1, 0.15) is 0 Å². The summed E-state index contributed by atoms with van der Waals surface area (Å²) in [6, 6.07) is 18.4. The Balaban J connectivity index is 2.17. The molecular formula is C17H14N4. The third kappa shape index (κ3) is 1.76. The van der Waals surface area contributed by atoms with Crippen LogP contribution in [0.15, 0.2) is 60.8 Å². The summed E-state index contributed by atoms with van der Waals surface area (Å²) in [5.74, 6) is 0.788. The van der Waals surface area contributed by atoms with Crippen LogP contribution >= 0.6 is 0 Å². The normalized spacial score (nSPS) is 11.1. The summed E-state index contributed by atoms with van der Waals surface area (Å²) < 4.78 is 2.16. The first-order chi connectivity index (χ1) is 10.4. The third-order valence-corrected chi connectivity index (χ3v) is 3.63. The van der Waals surface area contributed by atoms with Gasteiger partial charge in [0.05, 0.1) is 22.9 Å². The summed E-state index contributed by atoms with van der Waals surface area (Å²) in [5, 5.41) is 3.13. The van der Waals surface area contributed by atoms with E-state index < -0.39 is 0 Å². The van der Waals surface area contributed by atoms with Crippen LogP contribution in [0.5, 0.6) is 0 Å². The average molecular weight is 274 g/mol. The number of benzene rings is 2. The molecule has 4 aromatic rings. The van der Waals surface area contributed by atoms with Gasteiger partial charge in [0, 0.05) is 12.6 Å². The van der Waals surface area contributed by atoms with E-state index in [2.05, 4.69) is 37.9 Å². The fourth-order valence-electron chi connectivity index (χ4n) is 2.66. The maximum Gasteiger partial charge on any atom is 0.181 e. The Morgan fingerprint density at radius 1 is 0.952 bits per heavy atom. The molecule has 4 heteroatoms. The van der Waals surface area contributed by atoms with E-state index in [1.165, 1.54) is 0 Å². The Labute approximate surface area is 122 Å². The van der Waals surface area contributed by atoms with Crippen molar-refractivity contribution in [2.24, 2.45) is 0 Å². The molecule has 0 unspecified atom stereocenters. The van der Waals surface area contributed by atoms with Gasteiger partial charge in [0.15, 0.2) is 11.5 Å². The quantitative estimate of drug-likeness (QED) is 0.607. The molecule has 0 aliphatic carbocycles. The highest BCUT2D eigenvalue weighted by Crippen LogP contribution is 2.27. The highest BCUT2D eigenvalue weighted by molar-refractivity contribution is 5.86. The minimum atomic E-state index is 0.788. The second-order valence-corrected chi connectivity index (χ2v) is 4.87. The van der Waals surface area contributed by atoms with E-state index in [0.29, 0.717) is 0 Å². The Kier molecular flexibility index (Phi) is 2.60. The summed E-state index contributed by atoms with van der Waals surface area (Å²) in [6.45, 7) is 0. The molecule has 0 aliphatic rings. The zero-order valence-corrected chi connectivity index (χ0v) is 11.6. The van der Waals surface area contributed by atoms with E-state index >= 15 is 0 Å². The van der Waals surface area contributed by atoms with E-state index in [1.54, 1.807) is 0 Å². The molecule has 1 N–H and O–H groups in total. The molecule has 0 fully saturated rings. The van der Waals surface area contributed by atoms with Crippen molar-refractivity contribution in [3.63, 3.8) is 0 Å². The Bertz CT molecular complexity index is 925. The molecule has 2 aromatic carbocycles. The number of aromatic nitrogens is 3. The first kappa shape index (κ1) is 11.9. The zero-order chi connectivity index (χ0) is 14.2. The first-order valence-electron chi connectivity index (χ1n) is 6.88. The predicted octanol–water partition coefficient (Wildman–Crippen LogP) is 3.59. The summed E-state index contributed by atoms with van der Waals surface area (Å²) in [7, 11) is 1.87. The van der Waals surface area contributed by atoms with E-state index in [0.717, 1.165) is 33.8 Å². The van der Waals surface area contributed by atoms with Crippen molar-refractivity contribution in [3.05, 3.63) is 60.8 Å². The van der Waals surface area contributed by atoms with Gasteiger partial charge < -0.3 is 5.32 Å². The van der Waals surface area contributed by atoms with Gasteiger partial charge in [-0.15, -0.1) is 0 Å². The van der Waals surface area contributed by atoms with Gasteiger partial charge in [-0.25, -0.2) is 9.97 Å². The number of hydrogen-bond acceptors (Lipinski definition) is 3. The van der Waals surface area contributed by atoms with Crippen molar-refractivity contribution in [1.82, 2.24) is 14.4 Å². The van der Waals surface area contributed by atoms with Crippen LogP contribution in [0.1, 0.15) is 0 Å². The number of imidazole rings is 1. The number of para-hydroxylation sites is 2. The highest BCUT2D eigenvalue weighted by atomic mass is 15.1. The monoisotopic (exact) mass is 274 g/mol. The molecule has 0 saturated carbocycles. The molecule has 0 atom stereocenters. The Morgan fingerprint density at radius 2 is 1.71 bits per heavy atom. The van der Waals surface area contributed by atoms with Crippen LogP contribution in [0.25, 0.3) is 27.9 Å². The van der Waals surface area contributed by atoms with E-state index in [4.69, 9.17) is 0 Å². The lowest BCUT2D eigenvalue weighted by atomic mass is 10.1. The van der Waals surface area contributed by atoms with Gasteiger partial charge in [0.2, 0.25) is 0 Å². The summed E-state index contributed by atoms with van der Waals surface area (Å²) in [4.78, 5) is 9.19. The van der Waals surface area contributed by atoms with Crippen LogP contribution in [0.2, 0.25) is 0 Å². The van der Waals surface area contributed by atoms with Gasteiger partial charge in [-0.2, -0.15) is 0 Å². The zero-order valence-electron chi connectivity index (χ0n) is 11.6. The molecule has 0 bridgehead atoms. The Morgan fingerprint density at radius 3 is 2.52 bits per heavy atom. The predicted molar refractivity (Wildman–Crippen MR) is 85.5 cm³/mol. The molecule has 2 heterocycles. The lowest BCUT2D eigenvalue weighted by Gasteiger charge is -2.09. The van der Waals surface area contributed by atoms with Gasteiger partial charge >= 0.3 is 0 Å². The van der Waals surface area contributed by atoms with E-state index in [9.17, 15) is 0 Å². The molecule has 0 spiro atoms. The van der Waals surface area contributed by atoms with Crippen LogP contribution < -0.4 is 5.32 Å². The number of hydrogen-bond donors (Lipinski definition) is 1. The summed E-state index contributed by atoms with van der Waals surface area (Å²) in [6.07, 6.45) is 1.90. The standard InChI is InChI=1S/C17H14N4/c1-18-16-17-19-11-15(12-7-3-2-4-8-12)21(17)14-10-6-5-9-13(14)20-16/h2-11H,1H3,(H,18,20). The number of nitrogens with one attached hydrogen (secondary N) is 1. The molecule has 0 amide bonds. The molecule has 0 aliphatic heterocycles. The fourth-order valence-corrected chi connectivity index (χ4v) is 2.66.